The third kappa shape index (κ3) is 6.35. The van der Waals surface area contributed by atoms with E-state index in [0.717, 1.165) is 0 Å². The van der Waals surface area contributed by atoms with Crippen LogP contribution < -0.4 is 30.0 Å². The molecule has 0 saturated carbocycles. The Balaban J connectivity index is 2.25. The number of amides is 3. The van der Waals surface area contributed by atoms with Crippen LogP contribution in [0.3, 0.4) is 0 Å². The summed E-state index contributed by atoms with van der Waals surface area (Å²) >= 11 is 0. The fourth-order valence-electron chi connectivity index (χ4n) is 2.55. The molecule has 0 spiro atoms. The minimum atomic E-state index is -4.19. The van der Waals surface area contributed by atoms with Gasteiger partial charge in [-0.05, 0) is 29.8 Å². The number of methoxy groups -OCH3 is 2. The molecule has 0 fully saturated rings. The summed E-state index contributed by atoms with van der Waals surface area (Å²) in [5, 5.41) is 2.60. The summed E-state index contributed by atoms with van der Waals surface area (Å²) in [6, 6.07) is 8.14. The van der Waals surface area contributed by atoms with Gasteiger partial charge in [-0.2, -0.15) is 0 Å². The number of hydrogen-bond donors (Lipinski definition) is 3. The number of nitrogens with one attached hydrogen (secondary N) is 2. The standard InChI is InChI=1S/C20H23N3O8S/c1-12(24)22-10-13-4-6-15(7-5-13)32(27,28)23-20(26)14-8-16(29-2)19(17(9-14)30-3)31-11-18(21)25/h4-9H,10-11H2,1-3H3,(H2,21,25)(H,22,24)(H,23,26). The lowest BCUT2D eigenvalue weighted by atomic mass is 10.1. The van der Waals surface area contributed by atoms with Gasteiger partial charge >= 0.3 is 0 Å². The second-order valence-corrected chi connectivity index (χ2v) is 8.14. The molecule has 0 atom stereocenters. The van der Waals surface area contributed by atoms with Gasteiger partial charge < -0.3 is 25.3 Å². The first-order valence-corrected chi connectivity index (χ1v) is 10.6. The number of sulfonamides is 1. The maximum absolute atomic E-state index is 12.6. The van der Waals surface area contributed by atoms with E-state index >= 15 is 0 Å². The summed E-state index contributed by atoms with van der Waals surface area (Å²) in [6.45, 7) is 1.16. The van der Waals surface area contributed by atoms with Crippen LogP contribution in [0.25, 0.3) is 0 Å². The van der Waals surface area contributed by atoms with E-state index in [2.05, 4.69) is 5.32 Å². The van der Waals surface area contributed by atoms with Crippen LogP contribution in [0.5, 0.6) is 17.2 Å². The lowest BCUT2D eigenvalue weighted by molar-refractivity contribution is -0.120. The number of hydrogen-bond acceptors (Lipinski definition) is 8. The average Bonchev–Trinajstić information content (AvgIpc) is 2.75. The van der Waals surface area contributed by atoms with E-state index in [4.69, 9.17) is 19.9 Å². The van der Waals surface area contributed by atoms with Crippen LogP contribution in [-0.4, -0.2) is 47.0 Å². The molecule has 0 unspecified atom stereocenters. The van der Waals surface area contributed by atoms with Crippen molar-refractivity contribution in [1.29, 1.82) is 0 Å². The van der Waals surface area contributed by atoms with Crippen molar-refractivity contribution in [3.8, 4) is 17.2 Å². The molecule has 4 N–H and O–H groups in total. The number of carbonyl (C=O) groups is 3. The average molecular weight is 465 g/mol. The van der Waals surface area contributed by atoms with Gasteiger partial charge in [0.15, 0.2) is 18.1 Å². The van der Waals surface area contributed by atoms with Crippen molar-refractivity contribution in [2.75, 3.05) is 20.8 Å². The predicted octanol–water partition coefficient (Wildman–Crippen LogP) is 0.323. The zero-order chi connectivity index (χ0) is 23.9. The van der Waals surface area contributed by atoms with Gasteiger partial charge in [0.1, 0.15) is 0 Å². The number of carbonyl (C=O) groups excluding carboxylic acids is 3. The predicted molar refractivity (Wildman–Crippen MR) is 113 cm³/mol. The Hall–Kier alpha value is -3.80. The van der Waals surface area contributed by atoms with E-state index in [9.17, 15) is 22.8 Å². The highest BCUT2D eigenvalue weighted by Gasteiger charge is 2.23. The van der Waals surface area contributed by atoms with E-state index in [0.29, 0.717) is 5.56 Å². The van der Waals surface area contributed by atoms with Crippen molar-refractivity contribution >= 4 is 27.7 Å². The summed E-state index contributed by atoms with van der Waals surface area (Å²) in [6.07, 6.45) is 0. The van der Waals surface area contributed by atoms with Crippen molar-refractivity contribution in [1.82, 2.24) is 10.0 Å². The second kappa shape index (κ2) is 10.5. The van der Waals surface area contributed by atoms with Crippen LogP contribution in [0.2, 0.25) is 0 Å². The van der Waals surface area contributed by atoms with Crippen LogP contribution in [0.1, 0.15) is 22.8 Å². The topological polar surface area (TPSA) is 163 Å². The number of nitrogens with two attached hydrogens (primary N) is 1. The summed E-state index contributed by atoms with van der Waals surface area (Å²) in [5.74, 6) is -1.78. The molecule has 32 heavy (non-hydrogen) atoms. The van der Waals surface area contributed by atoms with Crippen LogP contribution in [0.15, 0.2) is 41.3 Å². The number of benzene rings is 2. The maximum Gasteiger partial charge on any atom is 0.265 e. The molecule has 2 aromatic rings. The fourth-order valence-corrected chi connectivity index (χ4v) is 3.52. The van der Waals surface area contributed by atoms with Crippen molar-refractivity contribution in [2.45, 2.75) is 18.4 Å². The summed E-state index contributed by atoms with van der Waals surface area (Å²) in [7, 11) is -1.59. The largest absolute Gasteiger partial charge is 0.493 e. The van der Waals surface area contributed by atoms with Gasteiger partial charge in [0.05, 0.1) is 19.1 Å². The Bertz CT molecular complexity index is 1090. The molecule has 0 aliphatic carbocycles. The highest BCUT2D eigenvalue weighted by atomic mass is 32.2. The SMILES string of the molecule is COc1cc(C(=O)NS(=O)(=O)c2ccc(CNC(C)=O)cc2)cc(OC)c1OCC(N)=O. The maximum atomic E-state index is 12.6. The molecule has 11 nitrogen and oxygen atoms in total. The summed E-state index contributed by atoms with van der Waals surface area (Å²) in [5.41, 5.74) is 5.67. The van der Waals surface area contributed by atoms with E-state index < -0.39 is 28.4 Å². The molecule has 2 rings (SSSR count). The molecular weight excluding hydrogens is 442 g/mol. The van der Waals surface area contributed by atoms with E-state index in [1.54, 1.807) is 0 Å². The van der Waals surface area contributed by atoms with Gasteiger partial charge in [-0.15, -0.1) is 0 Å². The summed E-state index contributed by atoms with van der Waals surface area (Å²) in [4.78, 5) is 34.5. The first-order chi connectivity index (χ1) is 15.1. The number of primary amides is 1. The van der Waals surface area contributed by atoms with Gasteiger partial charge in [0.25, 0.3) is 21.8 Å². The Morgan fingerprint density at radius 3 is 2.03 bits per heavy atom. The molecule has 3 amide bonds. The molecule has 172 valence electrons. The fraction of sp³-hybridized carbons (Fsp3) is 0.250. The Labute approximate surface area is 184 Å². The minimum absolute atomic E-state index is 0.0305. The van der Waals surface area contributed by atoms with E-state index in [1.165, 1.54) is 57.5 Å². The molecule has 0 aliphatic rings. The zero-order valence-electron chi connectivity index (χ0n) is 17.6. The highest BCUT2D eigenvalue weighted by molar-refractivity contribution is 7.90. The highest BCUT2D eigenvalue weighted by Crippen LogP contribution is 2.38. The number of ether oxygens (including phenoxy) is 3. The monoisotopic (exact) mass is 465 g/mol. The normalized spacial score (nSPS) is 10.7. The van der Waals surface area contributed by atoms with E-state index in [1.807, 2.05) is 4.72 Å². The van der Waals surface area contributed by atoms with Gasteiger partial charge in [0.2, 0.25) is 11.7 Å². The van der Waals surface area contributed by atoms with Crippen molar-refractivity contribution < 1.29 is 37.0 Å². The molecule has 0 radical (unpaired) electrons. The molecular formula is C20H23N3O8S. The molecule has 0 aliphatic heterocycles. The van der Waals surface area contributed by atoms with Gasteiger partial charge in [-0.3, -0.25) is 14.4 Å². The Kier molecular flexibility index (Phi) is 8.02. The first-order valence-electron chi connectivity index (χ1n) is 9.15. The van der Waals surface area contributed by atoms with Gasteiger partial charge in [-0.1, -0.05) is 12.1 Å². The third-order valence-corrected chi connectivity index (χ3v) is 5.43. The summed E-state index contributed by atoms with van der Waals surface area (Å²) < 4.78 is 42.8. The molecule has 0 saturated heterocycles. The van der Waals surface area contributed by atoms with Crippen LogP contribution in [0.4, 0.5) is 0 Å². The Morgan fingerprint density at radius 1 is 1.00 bits per heavy atom. The van der Waals surface area contributed by atoms with Crippen molar-refractivity contribution in [3.63, 3.8) is 0 Å². The van der Waals surface area contributed by atoms with Crippen LogP contribution >= 0.6 is 0 Å². The van der Waals surface area contributed by atoms with Crippen molar-refractivity contribution in [2.24, 2.45) is 5.73 Å². The second-order valence-electron chi connectivity index (χ2n) is 6.45. The lowest BCUT2D eigenvalue weighted by Gasteiger charge is -2.15. The smallest absolute Gasteiger partial charge is 0.265 e. The molecule has 12 heteroatoms. The number of rotatable bonds is 10. The van der Waals surface area contributed by atoms with Gasteiger partial charge in [0, 0.05) is 19.0 Å². The zero-order valence-corrected chi connectivity index (χ0v) is 18.4. The van der Waals surface area contributed by atoms with Crippen LogP contribution in [0, 0.1) is 0 Å². The lowest BCUT2D eigenvalue weighted by Crippen LogP contribution is -2.30. The molecule has 0 heterocycles. The Morgan fingerprint density at radius 2 is 1.56 bits per heavy atom. The molecule has 0 bridgehead atoms. The third-order valence-electron chi connectivity index (χ3n) is 4.08. The van der Waals surface area contributed by atoms with Crippen LogP contribution in [-0.2, 0) is 26.2 Å². The molecule has 2 aromatic carbocycles. The molecule has 0 aromatic heterocycles. The van der Waals surface area contributed by atoms with E-state index in [-0.39, 0.29) is 40.2 Å². The minimum Gasteiger partial charge on any atom is -0.493 e. The van der Waals surface area contributed by atoms with Gasteiger partial charge in [-0.25, -0.2) is 13.1 Å². The quantitative estimate of drug-likeness (QED) is 0.452. The van der Waals surface area contributed by atoms with Crippen molar-refractivity contribution in [3.05, 3.63) is 47.5 Å². The first kappa shape index (κ1) is 24.5.